The zero-order valence-electron chi connectivity index (χ0n) is 7.34. The molecule has 0 amide bonds. The Labute approximate surface area is 74.6 Å². The molecule has 0 saturated carbocycles. The van der Waals surface area contributed by atoms with Crippen molar-refractivity contribution in [2.24, 2.45) is 0 Å². The fraction of sp³-hybridized carbons (Fsp3) is 0.333. The standard InChI is InChI=1S/C9H9F2NO/c1-6-7(5-13)3-8(4-12-6)9(2,10)11/h3-5H,1-2H3. The van der Waals surface area contributed by atoms with Gasteiger partial charge in [0.25, 0.3) is 5.92 Å². The predicted octanol–water partition coefficient (Wildman–Crippen LogP) is 2.31. The van der Waals surface area contributed by atoms with Crippen LogP contribution in [0.5, 0.6) is 0 Å². The minimum absolute atomic E-state index is 0.207. The van der Waals surface area contributed by atoms with Crippen LogP contribution in [0, 0.1) is 6.92 Å². The van der Waals surface area contributed by atoms with Gasteiger partial charge < -0.3 is 0 Å². The lowest BCUT2D eigenvalue weighted by Gasteiger charge is -2.10. The molecule has 4 heteroatoms. The third-order valence-corrected chi connectivity index (χ3v) is 1.76. The van der Waals surface area contributed by atoms with Gasteiger partial charge in [0.1, 0.15) is 0 Å². The van der Waals surface area contributed by atoms with E-state index in [0.717, 1.165) is 19.2 Å². The summed E-state index contributed by atoms with van der Waals surface area (Å²) in [4.78, 5) is 14.1. The zero-order chi connectivity index (χ0) is 10.1. The summed E-state index contributed by atoms with van der Waals surface area (Å²) in [7, 11) is 0. The Balaban J connectivity index is 3.21. The van der Waals surface area contributed by atoms with Crippen molar-refractivity contribution in [2.75, 3.05) is 0 Å². The van der Waals surface area contributed by atoms with E-state index in [-0.39, 0.29) is 11.1 Å². The molecule has 0 atom stereocenters. The fourth-order valence-corrected chi connectivity index (χ4v) is 0.910. The van der Waals surface area contributed by atoms with Gasteiger partial charge in [-0.3, -0.25) is 9.78 Å². The van der Waals surface area contributed by atoms with Crippen molar-refractivity contribution in [3.63, 3.8) is 0 Å². The Kier molecular flexibility index (Phi) is 2.40. The number of aldehydes is 1. The van der Waals surface area contributed by atoms with Crippen LogP contribution in [0.15, 0.2) is 12.3 Å². The van der Waals surface area contributed by atoms with Crippen molar-refractivity contribution in [2.45, 2.75) is 19.8 Å². The fourth-order valence-electron chi connectivity index (χ4n) is 0.910. The number of rotatable bonds is 2. The Morgan fingerprint density at radius 2 is 2.15 bits per heavy atom. The molecule has 1 heterocycles. The molecule has 0 aliphatic heterocycles. The number of hydrogen-bond acceptors (Lipinski definition) is 2. The first-order chi connectivity index (χ1) is 5.95. The number of carbonyl (C=O) groups excluding carboxylic acids is 1. The molecule has 1 rings (SSSR count). The Morgan fingerprint density at radius 1 is 1.54 bits per heavy atom. The van der Waals surface area contributed by atoms with Crippen LogP contribution in [-0.2, 0) is 5.92 Å². The molecule has 0 aromatic carbocycles. The largest absolute Gasteiger partial charge is 0.298 e. The number of aryl methyl sites for hydroxylation is 1. The van der Waals surface area contributed by atoms with Crippen molar-refractivity contribution in [1.82, 2.24) is 4.98 Å². The number of halogens is 2. The summed E-state index contributed by atoms with van der Waals surface area (Å²) in [5.41, 5.74) is 0.433. The Bertz CT molecular complexity index is 331. The Hall–Kier alpha value is -1.32. The van der Waals surface area contributed by atoms with Gasteiger partial charge in [-0.1, -0.05) is 0 Å². The second kappa shape index (κ2) is 3.20. The second-order valence-electron chi connectivity index (χ2n) is 2.90. The number of alkyl halides is 2. The van der Waals surface area contributed by atoms with E-state index in [1.165, 1.54) is 0 Å². The van der Waals surface area contributed by atoms with Crippen molar-refractivity contribution < 1.29 is 13.6 Å². The smallest absolute Gasteiger partial charge is 0.272 e. The van der Waals surface area contributed by atoms with Gasteiger partial charge in [-0.25, -0.2) is 8.78 Å². The third-order valence-electron chi connectivity index (χ3n) is 1.76. The maximum absolute atomic E-state index is 12.7. The van der Waals surface area contributed by atoms with E-state index in [1.54, 1.807) is 6.92 Å². The average molecular weight is 185 g/mol. The van der Waals surface area contributed by atoms with Gasteiger partial charge in [-0.05, 0) is 13.0 Å². The highest BCUT2D eigenvalue weighted by Crippen LogP contribution is 2.26. The second-order valence-corrected chi connectivity index (χ2v) is 2.90. The highest BCUT2D eigenvalue weighted by atomic mass is 19.3. The van der Waals surface area contributed by atoms with Crippen LogP contribution in [0.4, 0.5) is 8.78 Å². The summed E-state index contributed by atoms with van der Waals surface area (Å²) >= 11 is 0. The number of nitrogens with zero attached hydrogens (tertiary/aromatic N) is 1. The van der Waals surface area contributed by atoms with Crippen molar-refractivity contribution in [1.29, 1.82) is 0 Å². The molecule has 0 N–H and O–H groups in total. The predicted molar refractivity (Wildman–Crippen MR) is 43.9 cm³/mol. The third kappa shape index (κ3) is 2.08. The van der Waals surface area contributed by atoms with Crippen LogP contribution >= 0.6 is 0 Å². The minimum atomic E-state index is -2.95. The van der Waals surface area contributed by atoms with Crippen LogP contribution in [-0.4, -0.2) is 11.3 Å². The SMILES string of the molecule is Cc1ncc(C(C)(F)F)cc1C=O. The van der Waals surface area contributed by atoms with Gasteiger partial charge in [0, 0.05) is 29.9 Å². The number of aromatic nitrogens is 1. The van der Waals surface area contributed by atoms with Crippen LogP contribution < -0.4 is 0 Å². The first-order valence-electron chi connectivity index (χ1n) is 3.75. The number of carbonyl (C=O) groups is 1. The molecule has 13 heavy (non-hydrogen) atoms. The van der Waals surface area contributed by atoms with E-state index in [2.05, 4.69) is 4.98 Å². The zero-order valence-corrected chi connectivity index (χ0v) is 7.34. The van der Waals surface area contributed by atoms with Crippen LogP contribution in [0.3, 0.4) is 0 Å². The summed E-state index contributed by atoms with van der Waals surface area (Å²) in [5.74, 6) is -2.95. The summed E-state index contributed by atoms with van der Waals surface area (Å²) in [6.45, 7) is 2.37. The van der Waals surface area contributed by atoms with E-state index in [4.69, 9.17) is 0 Å². The first-order valence-corrected chi connectivity index (χ1v) is 3.75. The minimum Gasteiger partial charge on any atom is -0.298 e. The molecule has 0 aliphatic carbocycles. The summed E-state index contributed by atoms with van der Waals surface area (Å²) < 4.78 is 25.5. The summed E-state index contributed by atoms with van der Waals surface area (Å²) in [6, 6.07) is 1.16. The molecule has 2 nitrogen and oxygen atoms in total. The van der Waals surface area contributed by atoms with E-state index in [0.29, 0.717) is 12.0 Å². The van der Waals surface area contributed by atoms with Crippen molar-refractivity contribution in [3.05, 3.63) is 29.1 Å². The molecule has 0 radical (unpaired) electrons. The molecule has 70 valence electrons. The molecule has 0 aliphatic rings. The molecule has 0 unspecified atom stereocenters. The highest BCUT2D eigenvalue weighted by molar-refractivity contribution is 5.76. The molecular weight excluding hydrogens is 176 g/mol. The molecular formula is C9H9F2NO. The van der Waals surface area contributed by atoms with Gasteiger partial charge in [-0.15, -0.1) is 0 Å². The average Bonchev–Trinajstić information content (AvgIpc) is 2.03. The molecule has 0 spiro atoms. The van der Waals surface area contributed by atoms with Crippen molar-refractivity contribution >= 4 is 6.29 Å². The van der Waals surface area contributed by atoms with Gasteiger partial charge in [0.15, 0.2) is 6.29 Å². The molecule has 0 saturated heterocycles. The van der Waals surface area contributed by atoms with Crippen molar-refractivity contribution in [3.8, 4) is 0 Å². The number of hydrogen-bond donors (Lipinski definition) is 0. The van der Waals surface area contributed by atoms with Crippen LogP contribution in [0.25, 0.3) is 0 Å². The van der Waals surface area contributed by atoms with E-state index in [9.17, 15) is 13.6 Å². The lowest BCUT2D eigenvalue weighted by atomic mass is 10.1. The topological polar surface area (TPSA) is 30.0 Å². The summed E-state index contributed by atoms with van der Waals surface area (Å²) in [6.07, 6.45) is 1.61. The maximum Gasteiger partial charge on any atom is 0.272 e. The van der Waals surface area contributed by atoms with Gasteiger partial charge in [0.05, 0.1) is 0 Å². The Morgan fingerprint density at radius 3 is 2.62 bits per heavy atom. The van der Waals surface area contributed by atoms with Gasteiger partial charge >= 0.3 is 0 Å². The van der Waals surface area contributed by atoms with E-state index >= 15 is 0 Å². The highest BCUT2D eigenvalue weighted by Gasteiger charge is 2.25. The van der Waals surface area contributed by atoms with Crippen LogP contribution in [0.2, 0.25) is 0 Å². The molecule has 1 aromatic heterocycles. The van der Waals surface area contributed by atoms with E-state index < -0.39 is 5.92 Å². The van der Waals surface area contributed by atoms with Gasteiger partial charge in [-0.2, -0.15) is 0 Å². The monoisotopic (exact) mass is 185 g/mol. The van der Waals surface area contributed by atoms with E-state index in [1.807, 2.05) is 0 Å². The lowest BCUT2D eigenvalue weighted by molar-refractivity contribution is 0.0171. The quantitative estimate of drug-likeness (QED) is 0.662. The first kappa shape index (κ1) is 9.77. The normalized spacial score (nSPS) is 11.4. The maximum atomic E-state index is 12.7. The molecule has 0 bridgehead atoms. The number of pyridine rings is 1. The lowest BCUT2D eigenvalue weighted by Crippen LogP contribution is -2.09. The van der Waals surface area contributed by atoms with Crippen LogP contribution in [0.1, 0.15) is 28.5 Å². The van der Waals surface area contributed by atoms with Gasteiger partial charge in [0.2, 0.25) is 0 Å². The molecule has 0 fully saturated rings. The summed E-state index contributed by atoms with van der Waals surface area (Å²) in [5, 5.41) is 0. The molecule has 1 aromatic rings.